The number of halogens is 3. The first-order valence-electron chi connectivity index (χ1n) is 8.47. The van der Waals surface area contributed by atoms with Crippen molar-refractivity contribution in [1.82, 2.24) is 24.4 Å². The van der Waals surface area contributed by atoms with Gasteiger partial charge in [-0.15, -0.1) is 15.3 Å². The summed E-state index contributed by atoms with van der Waals surface area (Å²) in [6.45, 7) is 1.69. The third-order valence-corrected chi connectivity index (χ3v) is 4.31. The van der Waals surface area contributed by atoms with Crippen molar-refractivity contribution in [2.75, 3.05) is 0 Å². The second-order valence-electron chi connectivity index (χ2n) is 6.37. The molecule has 0 unspecified atom stereocenters. The lowest BCUT2D eigenvalue weighted by Gasteiger charge is -2.15. The fourth-order valence-corrected chi connectivity index (χ4v) is 2.82. The molecule has 0 spiro atoms. The first-order chi connectivity index (χ1) is 13.7. The van der Waals surface area contributed by atoms with Crippen molar-refractivity contribution < 1.29 is 17.9 Å². The van der Waals surface area contributed by atoms with E-state index in [1.165, 1.54) is 39.5 Å². The van der Waals surface area contributed by atoms with E-state index in [0.29, 0.717) is 22.6 Å². The molecule has 0 aliphatic rings. The zero-order chi connectivity index (χ0) is 20.8. The minimum Gasteiger partial charge on any atom is -0.437 e. The molecule has 0 amide bonds. The van der Waals surface area contributed by atoms with E-state index in [2.05, 4.69) is 15.3 Å². The van der Waals surface area contributed by atoms with Crippen LogP contribution in [0.4, 0.5) is 13.2 Å². The second kappa shape index (κ2) is 6.73. The average molecular weight is 401 g/mol. The van der Waals surface area contributed by atoms with Crippen LogP contribution in [0.2, 0.25) is 0 Å². The van der Waals surface area contributed by atoms with E-state index in [4.69, 9.17) is 4.74 Å². The van der Waals surface area contributed by atoms with E-state index in [1.54, 1.807) is 20.0 Å². The average Bonchev–Trinajstić information content (AvgIpc) is 3.04. The zero-order valence-electron chi connectivity index (χ0n) is 15.3. The van der Waals surface area contributed by atoms with Crippen molar-refractivity contribution in [1.29, 1.82) is 0 Å². The van der Waals surface area contributed by atoms with Crippen LogP contribution in [-0.4, -0.2) is 24.4 Å². The molecule has 0 atom stereocenters. The molecular formula is C19H14F3N5O2. The zero-order valence-corrected chi connectivity index (χ0v) is 15.3. The third-order valence-electron chi connectivity index (χ3n) is 4.31. The summed E-state index contributed by atoms with van der Waals surface area (Å²) >= 11 is 0. The van der Waals surface area contributed by atoms with Crippen molar-refractivity contribution in [3.05, 3.63) is 70.4 Å². The number of hydrogen-bond donors (Lipinski definition) is 0. The first-order valence-corrected chi connectivity index (χ1v) is 8.47. The molecule has 0 fully saturated rings. The number of hydrogen-bond acceptors (Lipinski definition) is 5. The molecule has 29 heavy (non-hydrogen) atoms. The number of fused-ring (bicyclic) bond motifs is 1. The highest BCUT2D eigenvalue weighted by atomic mass is 19.4. The van der Waals surface area contributed by atoms with Crippen LogP contribution in [0.1, 0.15) is 11.4 Å². The number of pyridine rings is 1. The quantitative estimate of drug-likeness (QED) is 0.524. The monoisotopic (exact) mass is 401 g/mol. The van der Waals surface area contributed by atoms with Crippen molar-refractivity contribution in [2.45, 2.75) is 13.1 Å². The van der Waals surface area contributed by atoms with E-state index in [9.17, 15) is 18.0 Å². The van der Waals surface area contributed by atoms with E-state index in [1.807, 2.05) is 0 Å². The van der Waals surface area contributed by atoms with Gasteiger partial charge in [0, 0.05) is 36.5 Å². The minimum atomic E-state index is -4.54. The summed E-state index contributed by atoms with van der Waals surface area (Å²) in [6.07, 6.45) is -3.01. The summed E-state index contributed by atoms with van der Waals surface area (Å²) in [5.41, 5.74) is 0.298. The largest absolute Gasteiger partial charge is 0.437 e. The smallest absolute Gasteiger partial charge is 0.416 e. The maximum Gasteiger partial charge on any atom is 0.416 e. The molecule has 0 bridgehead atoms. The Bertz CT molecular complexity index is 1280. The molecule has 0 aliphatic carbocycles. The fourth-order valence-electron chi connectivity index (χ4n) is 2.82. The Morgan fingerprint density at radius 2 is 1.83 bits per heavy atom. The number of aryl methyl sites for hydroxylation is 2. The third kappa shape index (κ3) is 3.56. The standard InChI is InChI=1S/C19H14F3N5O2/c1-11-23-24-16-6-7-17(25-27(11)16)29-15-9-13(19(20,21)22)4-5-14(15)12-3-8-18(28)26(2)10-12/h3-10H,1-2H3. The summed E-state index contributed by atoms with van der Waals surface area (Å²) in [7, 11) is 1.56. The normalized spacial score (nSPS) is 11.8. The molecule has 148 valence electrons. The SMILES string of the molecule is Cc1nnc2ccc(Oc3cc(C(F)(F)F)ccc3-c3ccc(=O)n(C)c3)nn12. The number of nitrogens with zero attached hydrogens (tertiary/aromatic N) is 5. The summed E-state index contributed by atoms with van der Waals surface area (Å²) in [5, 5.41) is 12.0. The Morgan fingerprint density at radius 3 is 2.55 bits per heavy atom. The fraction of sp³-hybridized carbons (Fsp3) is 0.158. The van der Waals surface area contributed by atoms with Gasteiger partial charge in [0.1, 0.15) is 5.75 Å². The van der Waals surface area contributed by atoms with Crippen molar-refractivity contribution in [2.24, 2.45) is 7.05 Å². The van der Waals surface area contributed by atoms with Gasteiger partial charge in [-0.3, -0.25) is 4.79 Å². The molecule has 3 aromatic heterocycles. The van der Waals surface area contributed by atoms with E-state index in [0.717, 1.165) is 12.1 Å². The van der Waals surface area contributed by atoms with E-state index >= 15 is 0 Å². The van der Waals surface area contributed by atoms with Gasteiger partial charge in [-0.25, -0.2) is 0 Å². The van der Waals surface area contributed by atoms with Crippen LogP contribution in [0.3, 0.4) is 0 Å². The first kappa shape index (κ1) is 18.7. The minimum absolute atomic E-state index is 0.0453. The molecular weight excluding hydrogens is 387 g/mol. The lowest BCUT2D eigenvalue weighted by Crippen LogP contribution is -2.14. The van der Waals surface area contributed by atoms with Crippen LogP contribution in [0, 0.1) is 6.92 Å². The number of benzene rings is 1. The number of ether oxygens (including phenoxy) is 1. The molecule has 1 aromatic carbocycles. The number of alkyl halides is 3. The van der Waals surface area contributed by atoms with Gasteiger partial charge in [0.25, 0.3) is 0 Å². The maximum atomic E-state index is 13.2. The summed E-state index contributed by atoms with van der Waals surface area (Å²) < 4.78 is 48.2. The van der Waals surface area contributed by atoms with Gasteiger partial charge in [0.15, 0.2) is 11.5 Å². The number of aromatic nitrogens is 5. The van der Waals surface area contributed by atoms with Crippen LogP contribution in [0.15, 0.2) is 53.5 Å². The van der Waals surface area contributed by atoms with Crippen LogP contribution in [0.5, 0.6) is 11.6 Å². The van der Waals surface area contributed by atoms with Gasteiger partial charge in [0.05, 0.1) is 5.56 Å². The van der Waals surface area contributed by atoms with Gasteiger partial charge in [-0.05, 0) is 37.3 Å². The van der Waals surface area contributed by atoms with Crippen molar-refractivity contribution in [3.63, 3.8) is 0 Å². The summed E-state index contributed by atoms with van der Waals surface area (Å²) in [6, 6.07) is 9.13. The molecule has 3 heterocycles. The van der Waals surface area contributed by atoms with Gasteiger partial charge in [0.2, 0.25) is 11.4 Å². The van der Waals surface area contributed by atoms with Gasteiger partial charge in [-0.1, -0.05) is 0 Å². The summed E-state index contributed by atoms with van der Waals surface area (Å²) in [5.74, 6) is 0.537. The number of rotatable bonds is 3. The van der Waals surface area contributed by atoms with Crippen LogP contribution < -0.4 is 10.3 Å². The van der Waals surface area contributed by atoms with Gasteiger partial charge >= 0.3 is 6.18 Å². The molecule has 7 nitrogen and oxygen atoms in total. The second-order valence-corrected chi connectivity index (χ2v) is 6.37. The molecule has 10 heteroatoms. The Balaban J connectivity index is 1.84. The highest BCUT2D eigenvalue weighted by Crippen LogP contribution is 2.38. The Morgan fingerprint density at radius 1 is 1.03 bits per heavy atom. The molecule has 0 saturated carbocycles. The van der Waals surface area contributed by atoms with E-state index < -0.39 is 11.7 Å². The van der Waals surface area contributed by atoms with Gasteiger partial charge < -0.3 is 9.30 Å². The lowest BCUT2D eigenvalue weighted by molar-refractivity contribution is -0.137. The van der Waals surface area contributed by atoms with Gasteiger partial charge in [-0.2, -0.15) is 17.7 Å². The van der Waals surface area contributed by atoms with Crippen LogP contribution in [0.25, 0.3) is 16.8 Å². The molecule has 0 N–H and O–H groups in total. The van der Waals surface area contributed by atoms with Crippen LogP contribution in [-0.2, 0) is 13.2 Å². The predicted molar refractivity (Wildman–Crippen MR) is 97.7 cm³/mol. The van der Waals surface area contributed by atoms with Crippen molar-refractivity contribution in [3.8, 4) is 22.8 Å². The molecule has 4 aromatic rings. The molecule has 4 rings (SSSR count). The highest BCUT2D eigenvalue weighted by molar-refractivity contribution is 5.71. The summed E-state index contributed by atoms with van der Waals surface area (Å²) in [4.78, 5) is 11.7. The predicted octanol–water partition coefficient (Wildman–Crippen LogP) is 3.61. The Kier molecular flexibility index (Phi) is 4.33. The molecule has 0 aliphatic heterocycles. The van der Waals surface area contributed by atoms with Crippen LogP contribution >= 0.6 is 0 Å². The molecule has 0 saturated heterocycles. The molecule has 0 radical (unpaired) electrons. The van der Waals surface area contributed by atoms with Crippen molar-refractivity contribution >= 4 is 5.65 Å². The highest BCUT2D eigenvalue weighted by Gasteiger charge is 2.31. The topological polar surface area (TPSA) is 74.3 Å². The Hall–Kier alpha value is -3.69. The Labute approximate surface area is 162 Å². The lowest BCUT2D eigenvalue weighted by atomic mass is 10.0. The van der Waals surface area contributed by atoms with E-state index in [-0.39, 0.29) is 17.2 Å². The maximum absolute atomic E-state index is 13.2.